The van der Waals surface area contributed by atoms with Gasteiger partial charge in [0.1, 0.15) is 0 Å². The second-order valence-electron chi connectivity index (χ2n) is 5.03. The van der Waals surface area contributed by atoms with Crippen LogP contribution in [0.2, 0.25) is 0 Å². The van der Waals surface area contributed by atoms with Crippen molar-refractivity contribution in [2.75, 3.05) is 18.4 Å². The third-order valence-electron chi connectivity index (χ3n) is 3.03. The largest absolute Gasteiger partial charge is 0.478 e. The van der Waals surface area contributed by atoms with Crippen LogP contribution < -0.4 is 5.32 Å². The van der Waals surface area contributed by atoms with E-state index < -0.39 is 11.9 Å². The van der Waals surface area contributed by atoms with Crippen molar-refractivity contribution in [1.29, 1.82) is 0 Å². The molecule has 23 heavy (non-hydrogen) atoms. The number of nitrogens with zero attached hydrogens (tertiary/aromatic N) is 1. The standard InChI is InChI=1S/C17H22N2O4/c1-3-10-19(11-4-2)17(23)13-6-5-7-14(12-13)18-15(20)8-9-16(21)22/h5-9,12H,3-4,10-11H2,1-2H3,(H,18,20)(H,21,22)/b9-8+. The van der Waals surface area contributed by atoms with Crippen LogP contribution >= 0.6 is 0 Å². The van der Waals surface area contributed by atoms with E-state index in [-0.39, 0.29) is 5.91 Å². The predicted molar refractivity (Wildman–Crippen MR) is 88.3 cm³/mol. The Bertz CT molecular complexity index is 590. The highest BCUT2D eigenvalue weighted by Gasteiger charge is 2.14. The van der Waals surface area contributed by atoms with Crippen LogP contribution in [0, 0.1) is 0 Å². The van der Waals surface area contributed by atoms with E-state index >= 15 is 0 Å². The van der Waals surface area contributed by atoms with Crippen molar-refractivity contribution in [1.82, 2.24) is 4.90 Å². The molecule has 0 bridgehead atoms. The summed E-state index contributed by atoms with van der Waals surface area (Å²) in [6.07, 6.45) is 3.44. The molecule has 0 aliphatic rings. The van der Waals surface area contributed by atoms with E-state index in [4.69, 9.17) is 5.11 Å². The molecule has 0 saturated heterocycles. The van der Waals surface area contributed by atoms with Gasteiger partial charge < -0.3 is 15.3 Å². The van der Waals surface area contributed by atoms with Gasteiger partial charge >= 0.3 is 5.97 Å². The molecule has 0 radical (unpaired) electrons. The van der Waals surface area contributed by atoms with E-state index in [1.807, 2.05) is 13.8 Å². The van der Waals surface area contributed by atoms with Crippen molar-refractivity contribution >= 4 is 23.5 Å². The van der Waals surface area contributed by atoms with E-state index in [1.165, 1.54) is 0 Å². The molecule has 0 saturated carbocycles. The lowest BCUT2D eigenvalue weighted by atomic mass is 10.1. The fourth-order valence-electron chi connectivity index (χ4n) is 2.10. The molecule has 2 N–H and O–H groups in total. The van der Waals surface area contributed by atoms with Crippen molar-refractivity contribution in [3.63, 3.8) is 0 Å². The van der Waals surface area contributed by atoms with Crippen LogP contribution in [0.5, 0.6) is 0 Å². The predicted octanol–water partition coefficient (Wildman–Crippen LogP) is 2.53. The summed E-state index contributed by atoms with van der Waals surface area (Å²) >= 11 is 0. The average molecular weight is 318 g/mol. The monoisotopic (exact) mass is 318 g/mol. The van der Waals surface area contributed by atoms with Gasteiger partial charge in [0.15, 0.2) is 0 Å². The van der Waals surface area contributed by atoms with Crippen molar-refractivity contribution in [2.24, 2.45) is 0 Å². The number of carboxylic acid groups (broad SMARTS) is 1. The molecule has 2 amide bonds. The summed E-state index contributed by atoms with van der Waals surface area (Å²) in [5.41, 5.74) is 0.941. The first-order valence-corrected chi connectivity index (χ1v) is 7.59. The Kier molecular flexibility index (Phi) is 7.53. The third kappa shape index (κ3) is 6.34. The number of anilines is 1. The van der Waals surface area contributed by atoms with Crippen LogP contribution in [0.3, 0.4) is 0 Å². The van der Waals surface area contributed by atoms with E-state index in [2.05, 4.69) is 5.32 Å². The Morgan fingerprint density at radius 1 is 1.13 bits per heavy atom. The van der Waals surface area contributed by atoms with Crippen molar-refractivity contribution in [3.05, 3.63) is 42.0 Å². The number of hydrogen-bond acceptors (Lipinski definition) is 3. The number of benzene rings is 1. The summed E-state index contributed by atoms with van der Waals surface area (Å²) in [6.45, 7) is 5.40. The molecule has 1 rings (SSSR count). The first-order valence-electron chi connectivity index (χ1n) is 7.59. The molecule has 6 heteroatoms. The molecule has 0 aliphatic carbocycles. The quantitative estimate of drug-likeness (QED) is 0.721. The number of carboxylic acids is 1. The SMILES string of the molecule is CCCN(CCC)C(=O)c1cccc(NC(=O)/C=C/C(=O)O)c1. The minimum absolute atomic E-state index is 0.0779. The molecule has 0 aromatic heterocycles. The van der Waals surface area contributed by atoms with Gasteiger partial charge in [-0.05, 0) is 31.0 Å². The minimum atomic E-state index is -1.20. The summed E-state index contributed by atoms with van der Waals surface area (Å²) in [7, 11) is 0. The lowest BCUT2D eigenvalue weighted by Crippen LogP contribution is -2.32. The molecule has 124 valence electrons. The number of hydrogen-bond donors (Lipinski definition) is 2. The van der Waals surface area contributed by atoms with Crippen LogP contribution in [0.15, 0.2) is 36.4 Å². The van der Waals surface area contributed by atoms with Crippen molar-refractivity contribution in [2.45, 2.75) is 26.7 Å². The number of carbonyl (C=O) groups is 3. The molecule has 0 unspecified atom stereocenters. The number of carbonyl (C=O) groups excluding carboxylic acids is 2. The Morgan fingerprint density at radius 2 is 1.78 bits per heavy atom. The maximum absolute atomic E-state index is 12.5. The van der Waals surface area contributed by atoms with Gasteiger partial charge in [0, 0.05) is 36.5 Å². The smallest absolute Gasteiger partial charge is 0.328 e. The Labute approximate surface area is 135 Å². The number of nitrogens with one attached hydrogen (secondary N) is 1. The zero-order valence-corrected chi connectivity index (χ0v) is 13.4. The lowest BCUT2D eigenvalue weighted by molar-refractivity contribution is -0.131. The van der Waals surface area contributed by atoms with Gasteiger partial charge in [-0.1, -0.05) is 19.9 Å². The fourth-order valence-corrected chi connectivity index (χ4v) is 2.10. The summed E-state index contributed by atoms with van der Waals surface area (Å²) in [4.78, 5) is 36.2. The van der Waals surface area contributed by atoms with E-state index in [9.17, 15) is 14.4 Å². The lowest BCUT2D eigenvalue weighted by Gasteiger charge is -2.21. The zero-order valence-electron chi connectivity index (χ0n) is 13.4. The van der Waals surface area contributed by atoms with Gasteiger partial charge in [-0.3, -0.25) is 9.59 Å². The normalized spacial score (nSPS) is 10.5. The molecule has 6 nitrogen and oxygen atoms in total. The minimum Gasteiger partial charge on any atom is -0.478 e. The van der Waals surface area contributed by atoms with E-state index in [0.29, 0.717) is 24.3 Å². The molecule has 0 aliphatic heterocycles. The highest BCUT2D eigenvalue weighted by molar-refractivity contribution is 6.03. The summed E-state index contributed by atoms with van der Waals surface area (Å²) in [5.74, 6) is -1.83. The zero-order chi connectivity index (χ0) is 17.2. The molecule has 0 fully saturated rings. The highest BCUT2D eigenvalue weighted by atomic mass is 16.4. The summed E-state index contributed by atoms with van der Waals surface area (Å²) in [6, 6.07) is 6.61. The number of aliphatic carboxylic acids is 1. The first kappa shape index (κ1) is 18.4. The fraction of sp³-hybridized carbons (Fsp3) is 0.353. The second-order valence-corrected chi connectivity index (χ2v) is 5.03. The maximum Gasteiger partial charge on any atom is 0.328 e. The third-order valence-corrected chi connectivity index (χ3v) is 3.03. The van der Waals surface area contributed by atoms with Gasteiger partial charge in [0.25, 0.3) is 5.91 Å². The maximum atomic E-state index is 12.5. The first-order chi connectivity index (χ1) is 11.0. The van der Waals surface area contributed by atoms with Gasteiger partial charge in [-0.2, -0.15) is 0 Å². The summed E-state index contributed by atoms with van der Waals surface area (Å²) < 4.78 is 0. The van der Waals surface area contributed by atoms with Crippen LogP contribution in [0.25, 0.3) is 0 Å². The number of rotatable bonds is 8. The van der Waals surface area contributed by atoms with Gasteiger partial charge in [-0.15, -0.1) is 0 Å². The highest BCUT2D eigenvalue weighted by Crippen LogP contribution is 2.13. The van der Waals surface area contributed by atoms with Crippen molar-refractivity contribution in [3.8, 4) is 0 Å². The Hall–Kier alpha value is -2.63. The van der Waals surface area contributed by atoms with Crippen LogP contribution in [0.4, 0.5) is 5.69 Å². The van der Waals surface area contributed by atoms with Crippen LogP contribution in [-0.2, 0) is 9.59 Å². The number of amides is 2. The average Bonchev–Trinajstić information content (AvgIpc) is 2.52. The van der Waals surface area contributed by atoms with Gasteiger partial charge in [0.05, 0.1) is 0 Å². The molecule has 0 spiro atoms. The molecular weight excluding hydrogens is 296 g/mol. The Morgan fingerprint density at radius 3 is 2.35 bits per heavy atom. The molecule has 0 atom stereocenters. The van der Waals surface area contributed by atoms with Gasteiger partial charge in [0.2, 0.25) is 5.91 Å². The van der Waals surface area contributed by atoms with E-state index in [1.54, 1.807) is 29.2 Å². The topological polar surface area (TPSA) is 86.7 Å². The molecular formula is C17H22N2O4. The van der Waals surface area contributed by atoms with Crippen LogP contribution in [-0.4, -0.2) is 40.9 Å². The summed E-state index contributed by atoms with van der Waals surface area (Å²) in [5, 5.41) is 11.0. The van der Waals surface area contributed by atoms with Gasteiger partial charge in [-0.25, -0.2) is 4.79 Å². The second kappa shape index (κ2) is 9.40. The molecule has 1 aromatic rings. The molecule has 1 aromatic carbocycles. The van der Waals surface area contributed by atoms with E-state index in [0.717, 1.165) is 25.0 Å². The molecule has 0 heterocycles. The van der Waals surface area contributed by atoms with Crippen molar-refractivity contribution < 1.29 is 19.5 Å². The Balaban J connectivity index is 2.84. The van der Waals surface area contributed by atoms with Crippen LogP contribution in [0.1, 0.15) is 37.0 Å².